The first-order valence-electron chi connectivity index (χ1n) is 12.8. The summed E-state index contributed by atoms with van der Waals surface area (Å²) in [5.74, 6) is -0.918. The number of rotatable bonds is 10. The van der Waals surface area contributed by atoms with Crippen molar-refractivity contribution in [2.24, 2.45) is 0 Å². The van der Waals surface area contributed by atoms with Crippen LogP contribution in [-0.2, 0) is 39.9 Å². The van der Waals surface area contributed by atoms with Crippen LogP contribution in [0.1, 0.15) is 16.7 Å². The highest BCUT2D eigenvalue weighted by molar-refractivity contribution is 7.90. The van der Waals surface area contributed by atoms with Crippen molar-refractivity contribution in [1.82, 2.24) is 9.47 Å². The van der Waals surface area contributed by atoms with E-state index in [4.69, 9.17) is 0 Å². The molecule has 1 heterocycles. The Kier molecular flexibility index (Phi) is 7.89. The monoisotopic (exact) mass is 540 g/mol. The van der Waals surface area contributed by atoms with Crippen molar-refractivity contribution < 1.29 is 17.6 Å². The van der Waals surface area contributed by atoms with Gasteiger partial charge in [-0.05, 0) is 41.3 Å². The van der Waals surface area contributed by atoms with Crippen LogP contribution in [0.15, 0.2) is 120 Å². The summed E-state index contributed by atoms with van der Waals surface area (Å²) in [5, 5.41) is 0.542. The minimum Gasteiger partial charge on any atom is -0.337 e. The highest BCUT2D eigenvalue weighted by atomic mass is 32.2. The smallest absolute Gasteiger partial charge is 0.242 e. The molecule has 0 aliphatic carbocycles. The molecule has 7 heteroatoms. The quantitative estimate of drug-likeness (QED) is 0.218. The fraction of sp³-hybridized carbons (Fsp3) is 0.156. The van der Waals surface area contributed by atoms with E-state index >= 15 is 0 Å². The average Bonchev–Trinajstić information content (AvgIpc) is 3.31. The molecule has 5 nitrogen and oxygen atoms in total. The first kappa shape index (κ1) is 26.4. The third-order valence-electron chi connectivity index (χ3n) is 6.72. The Morgan fingerprint density at radius 2 is 1.41 bits per heavy atom. The number of aromatic nitrogens is 1. The molecule has 0 radical (unpaired) electrons. The second-order valence-electron chi connectivity index (χ2n) is 9.56. The molecule has 0 aliphatic heterocycles. The Labute approximate surface area is 228 Å². The maximum Gasteiger partial charge on any atom is 0.242 e. The van der Waals surface area contributed by atoms with Gasteiger partial charge in [0.1, 0.15) is 12.4 Å². The van der Waals surface area contributed by atoms with E-state index in [1.54, 1.807) is 22.8 Å². The molecule has 0 aliphatic rings. The van der Waals surface area contributed by atoms with Gasteiger partial charge in [0, 0.05) is 30.2 Å². The van der Waals surface area contributed by atoms with Crippen molar-refractivity contribution in [2.45, 2.75) is 30.2 Å². The van der Waals surface area contributed by atoms with Gasteiger partial charge in [0.05, 0.1) is 10.6 Å². The Balaban J connectivity index is 1.43. The maximum absolute atomic E-state index is 13.7. The van der Waals surface area contributed by atoms with Gasteiger partial charge in [0.15, 0.2) is 9.84 Å². The standard InChI is InChI=1S/C32H29FN2O3S/c33-28-15-9-14-27(20-28)24-39(37,38)31-22-35(30-17-8-7-16-29(30)31)23-32(36)34(21-26-12-5-2-6-13-26)19-18-25-10-3-1-4-11-25/h1-17,20,22H,18-19,21,23-24H2. The topological polar surface area (TPSA) is 59.4 Å². The van der Waals surface area contributed by atoms with Crippen LogP contribution < -0.4 is 0 Å². The summed E-state index contributed by atoms with van der Waals surface area (Å²) in [4.78, 5) is 15.6. The van der Waals surface area contributed by atoms with E-state index in [9.17, 15) is 17.6 Å². The van der Waals surface area contributed by atoms with E-state index in [-0.39, 0.29) is 23.1 Å². The summed E-state index contributed by atoms with van der Waals surface area (Å²) in [6.07, 6.45) is 2.24. The third kappa shape index (κ3) is 6.44. The predicted molar refractivity (Wildman–Crippen MR) is 151 cm³/mol. The van der Waals surface area contributed by atoms with Gasteiger partial charge in [-0.2, -0.15) is 0 Å². The largest absolute Gasteiger partial charge is 0.337 e. The van der Waals surface area contributed by atoms with E-state index in [1.165, 1.54) is 24.4 Å². The zero-order chi connectivity index (χ0) is 27.2. The normalized spacial score (nSPS) is 11.5. The van der Waals surface area contributed by atoms with Crippen molar-refractivity contribution in [3.63, 3.8) is 0 Å². The molecule has 5 rings (SSSR count). The summed E-state index contributed by atoms with van der Waals surface area (Å²) in [6, 6.07) is 32.6. The number of benzene rings is 4. The van der Waals surface area contributed by atoms with Gasteiger partial charge in [-0.1, -0.05) is 91.0 Å². The fourth-order valence-electron chi connectivity index (χ4n) is 4.77. The molecule has 1 amide bonds. The summed E-state index contributed by atoms with van der Waals surface area (Å²) in [7, 11) is -3.80. The molecule has 4 aromatic carbocycles. The van der Waals surface area contributed by atoms with Crippen LogP contribution in [0, 0.1) is 5.82 Å². The first-order valence-corrected chi connectivity index (χ1v) is 14.4. The van der Waals surface area contributed by atoms with Crippen molar-refractivity contribution in [3.05, 3.63) is 138 Å². The molecule has 0 saturated heterocycles. The number of carbonyl (C=O) groups excluding carboxylic acids is 1. The van der Waals surface area contributed by atoms with Crippen LogP contribution in [0.4, 0.5) is 4.39 Å². The Bertz CT molecular complexity index is 1680. The second-order valence-corrected chi connectivity index (χ2v) is 11.5. The highest BCUT2D eigenvalue weighted by Gasteiger charge is 2.24. The predicted octanol–water partition coefficient (Wildman–Crippen LogP) is 6.03. The SMILES string of the molecule is O=C(Cn1cc(S(=O)(=O)Cc2cccc(F)c2)c2ccccc21)N(CCc1ccccc1)Cc1ccccc1. The van der Waals surface area contributed by atoms with Crippen molar-refractivity contribution >= 4 is 26.6 Å². The number of nitrogens with zero attached hydrogens (tertiary/aromatic N) is 2. The summed E-state index contributed by atoms with van der Waals surface area (Å²) >= 11 is 0. The van der Waals surface area contributed by atoms with Gasteiger partial charge >= 0.3 is 0 Å². The van der Waals surface area contributed by atoms with Crippen molar-refractivity contribution in [2.75, 3.05) is 6.54 Å². The summed E-state index contributed by atoms with van der Waals surface area (Å²) in [5.41, 5.74) is 3.19. The number of amides is 1. The number of sulfone groups is 1. The zero-order valence-electron chi connectivity index (χ0n) is 21.4. The lowest BCUT2D eigenvalue weighted by atomic mass is 10.1. The molecule has 0 unspecified atom stereocenters. The first-order chi connectivity index (χ1) is 18.9. The molecule has 0 saturated carbocycles. The highest BCUT2D eigenvalue weighted by Crippen LogP contribution is 2.28. The number of hydrogen-bond donors (Lipinski definition) is 0. The molecule has 0 N–H and O–H groups in total. The van der Waals surface area contributed by atoms with Crippen LogP contribution >= 0.6 is 0 Å². The minimum atomic E-state index is -3.80. The summed E-state index contributed by atoms with van der Waals surface area (Å²) in [6.45, 7) is 0.982. The molecule has 198 valence electrons. The zero-order valence-corrected chi connectivity index (χ0v) is 22.2. The van der Waals surface area contributed by atoms with E-state index < -0.39 is 15.7 Å². The lowest BCUT2D eigenvalue weighted by Crippen LogP contribution is -2.35. The second kappa shape index (κ2) is 11.7. The average molecular weight is 541 g/mol. The minimum absolute atomic E-state index is 0.00236. The molecule has 0 atom stereocenters. The fourth-order valence-corrected chi connectivity index (χ4v) is 6.34. The van der Waals surface area contributed by atoms with Gasteiger partial charge in [-0.15, -0.1) is 0 Å². The molecular weight excluding hydrogens is 511 g/mol. The third-order valence-corrected chi connectivity index (χ3v) is 8.43. The van der Waals surface area contributed by atoms with Crippen molar-refractivity contribution in [3.8, 4) is 0 Å². The Morgan fingerprint density at radius 1 is 0.769 bits per heavy atom. The van der Waals surface area contributed by atoms with E-state index in [0.717, 1.165) is 11.1 Å². The van der Waals surface area contributed by atoms with Gasteiger partial charge in [-0.3, -0.25) is 4.79 Å². The van der Waals surface area contributed by atoms with Gasteiger partial charge in [-0.25, -0.2) is 12.8 Å². The number of halogens is 1. The van der Waals surface area contributed by atoms with Crippen LogP contribution in [0.25, 0.3) is 10.9 Å². The van der Waals surface area contributed by atoms with Crippen LogP contribution in [0.3, 0.4) is 0 Å². The van der Waals surface area contributed by atoms with Crippen molar-refractivity contribution in [1.29, 1.82) is 0 Å². The van der Waals surface area contributed by atoms with Gasteiger partial charge < -0.3 is 9.47 Å². The van der Waals surface area contributed by atoms with E-state index in [2.05, 4.69) is 0 Å². The lowest BCUT2D eigenvalue weighted by Gasteiger charge is -2.23. The Hall–Kier alpha value is -4.23. The lowest BCUT2D eigenvalue weighted by molar-refractivity contribution is -0.132. The van der Waals surface area contributed by atoms with Crippen LogP contribution in [-0.4, -0.2) is 30.3 Å². The van der Waals surface area contributed by atoms with Gasteiger partial charge in [0.2, 0.25) is 5.91 Å². The molecule has 0 fully saturated rings. The molecule has 0 spiro atoms. The Morgan fingerprint density at radius 3 is 2.13 bits per heavy atom. The van der Waals surface area contributed by atoms with E-state index in [0.29, 0.717) is 36.0 Å². The molecule has 5 aromatic rings. The number of hydrogen-bond acceptors (Lipinski definition) is 3. The van der Waals surface area contributed by atoms with E-state index in [1.807, 2.05) is 77.7 Å². The molecule has 0 bridgehead atoms. The number of carbonyl (C=O) groups is 1. The van der Waals surface area contributed by atoms with Crippen LogP contribution in [0.5, 0.6) is 0 Å². The summed E-state index contributed by atoms with van der Waals surface area (Å²) < 4.78 is 42.3. The maximum atomic E-state index is 13.7. The molecule has 1 aromatic heterocycles. The molecule has 39 heavy (non-hydrogen) atoms. The number of fused-ring (bicyclic) bond motifs is 1. The van der Waals surface area contributed by atoms with Crippen LogP contribution in [0.2, 0.25) is 0 Å². The van der Waals surface area contributed by atoms with Gasteiger partial charge in [0.25, 0.3) is 0 Å². The number of para-hydroxylation sites is 1. The molecular formula is C32H29FN2O3S.